The molecule has 1 aliphatic rings. The van der Waals surface area contributed by atoms with E-state index in [1.165, 1.54) is 0 Å². The highest BCUT2D eigenvalue weighted by Crippen LogP contribution is 2.35. The Hall–Kier alpha value is -1.62. The molecule has 1 saturated carbocycles. The van der Waals surface area contributed by atoms with Crippen molar-refractivity contribution in [3.8, 4) is 11.3 Å². The number of nitrogens with one attached hydrogen (secondary N) is 1. The number of pyridine rings is 1. The quantitative estimate of drug-likeness (QED) is 0.938. The van der Waals surface area contributed by atoms with Gasteiger partial charge in [-0.2, -0.15) is 0 Å². The number of hydrogen-bond acceptors (Lipinski definition) is 4. The molecule has 0 saturated heterocycles. The molecule has 0 unspecified atom stereocenters. The lowest BCUT2D eigenvalue weighted by molar-refractivity contribution is 0.683. The number of aromatic nitrogens is 2. The highest BCUT2D eigenvalue weighted by Gasteiger charge is 2.27. The summed E-state index contributed by atoms with van der Waals surface area (Å²) in [6.07, 6.45) is 2.23. The van der Waals surface area contributed by atoms with Crippen LogP contribution in [-0.4, -0.2) is 15.6 Å². The average molecular weight is 289 g/mol. The average Bonchev–Trinajstić information content (AvgIpc) is 3.10. The Morgan fingerprint density at radius 3 is 2.80 bits per heavy atom. The standard InChI is InChI=1S/C15H19N3OS/c1-9(2)16-15-17-13(8-20-15)12-7-4-10(3)18(14(12)19)11-5-6-11/h4,7-9,11H,5-6H2,1-3H3,(H,16,17). The largest absolute Gasteiger partial charge is 0.359 e. The number of hydrogen-bond donors (Lipinski definition) is 1. The van der Waals surface area contributed by atoms with Crippen molar-refractivity contribution in [3.63, 3.8) is 0 Å². The smallest absolute Gasteiger partial charge is 0.260 e. The molecule has 3 rings (SSSR count). The van der Waals surface area contributed by atoms with Gasteiger partial charge in [0, 0.05) is 23.2 Å². The van der Waals surface area contributed by atoms with Crippen LogP contribution >= 0.6 is 11.3 Å². The van der Waals surface area contributed by atoms with E-state index in [1.807, 2.05) is 29.0 Å². The van der Waals surface area contributed by atoms with Gasteiger partial charge in [-0.3, -0.25) is 4.79 Å². The van der Waals surface area contributed by atoms with E-state index in [2.05, 4.69) is 24.1 Å². The van der Waals surface area contributed by atoms with Crippen LogP contribution in [0.4, 0.5) is 5.13 Å². The van der Waals surface area contributed by atoms with Crippen LogP contribution in [0, 0.1) is 6.92 Å². The van der Waals surface area contributed by atoms with Gasteiger partial charge in [-0.15, -0.1) is 11.3 Å². The molecule has 0 spiro atoms. The van der Waals surface area contributed by atoms with Gasteiger partial charge in [-0.1, -0.05) is 0 Å². The summed E-state index contributed by atoms with van der Waals surface area (Å²) in [6.45, 7) is 6.15. The van der Waals surface area contributed by atoms with E-state index in [4.69, 9.17) is 0 Å². The first-order valence-electron chi connectivity index (χ1n) is 7.01. The SMILES string of the molecule is Cc1ccc(-c2csc(NC(C)C)n2)c(=O)n1C1CC1. The zero-order valence-electron chi connectivity index (χ0n) is 12.0. The molecule has 2 heterocycles. The van der Waals surface area contributed by atoms with Crippen molar-refractivity contribution < 1.29 is 0 Å². The zero-order chi connectivity index (χ0) is 14.3. The van der Waals surface area contributed by atoms with Crippen LogP contribution in [0.15, 0.2) is 22.3 Å². The summed E-state index contributed by atoms with van der Waals surface area (Å²) in [5.74, 6) is 0. The molecule has 5 heteroatoms. The summed E-state index contributed by atoms with van der Waals surface area (Å²) in [5.41, 5.74) is 2.61. The second-order valence-electron chi connectivity index (χ2n) is 5.63. The van der Waals surface area contributed by atoms with Crippen LogP contribution in [0.25, 0.3) is 11.3 Å². The Morgan fingerprint density at radius 1 is 1.40 bits per heavy atom. The molecule has 0 atom stereocenters. The monoisotopic (exact) mass is 289 g/mol. The molecule has 4 nitrogen and oxygen atoms in total. The maximum Gasteiger partial charge on any atom is 0.260 e. The predicted molar refractivity (Wildman–Crippen MR) is 83.6 cm³/mol. The minimum atomic E-state index is 0.0916. The van der Waals surface area contributed by atoms with E-state index >= 15 is 0 Å². The highest BCUT2D eigenvalue weighted by molar-refractivity contribution is 7.14. The first-order chi connectivity index (χ1) is 9.56. The van der Waals surface area contributed by atoms with Gasteiger partial charge >= 0.3 is 0 Å². The third kappa shape index (κ3) is 2.50. The Morgan fingerprint density at radius 2 is 2.15 bits per heavy atom. The van der Waals surface area contributed by atoms with E-state index < -0.39 is 0 Å². The first kappa shape index (κ1) is 13.4. The maximum atomic E-state index is 12.6. The number of thiazole rings is 1. The third-order valence-electron chi connectivity index (χ3n) is 3.42. The summed E-state index contributed by atoms with van der Waals surface area (Å²) < 4.78 is 1.92. The third-order valence-corrected chi connectivity index (χ3v) is 4.20. The Bertz CT molecular complexity index is 683. The highest BCUT2D eigenvalue weighted by atomic mass is 32.1. The topological polar surface area (TPSA) is 46.9 Å². The number of nitrogens with zero attached hydrogens (tertiary/aromatic N) is 2. The molecular weight excluding hydrogens is 270 g/mol. The van der Waals surface area contributed by atoms with Crippen molar-refractivity contribution in [1.29, 1.82) is 0 Å². The molecule has 1 fully saturated rings. The molecule has 20 heavy (non-hydrogen) atoms. The Kier molecular flexibility index (Phi) is 3.38. The number of aryl methyl sites for hydroxylation is 1. The van der Waals surface area contributed by atoms with Crippen LogP contribution in [-0.2, 0) is 0 Å². The molecule has 2 aromatic heterocycles. The Labute approximate surface area is 122 Å². The molecule has 0 aromatic carbocycles. The van der Waals surface area contributed by atoms with Crippen LogP contribution < -0.4 is 10.9 Å². The van der Waals surface area contributed by atoms with Crippen LogP contribution in [0.2, 0.25) is 0 Å². The molecule has 1 N–H and O–H groups in total. The molecular formula is C15H19N3OS. The van der Waals surface area contributed by atoms with Gasteiger partial charge in [-0.25, -0.2) is 4.98 Å². The molecule has 0 aliphatic heterocycles. The van der Waals surface area contributed by atoms with E-state index in [0.29, 0.717) is 17.6 Å². The summed E-state index contributed by atoms with van der Waals surface area (Å²) in [4.78, 5) is 17.1. The fraction of sp³-hybridized carbons (Fsp3) is 0.467. The van der Waals surface area contributed by atoms with E-state index in [-0.39, 0.29) is 5.56 Å². The van der Waals surface area contributed by atoms with Crippen molar-refractivity contribution in [3.05, 3.63) is 33.6 Å². The number of anilines is 1. The maximum absolute atomic E-state index is 12.6. The van der Waals surface area contributed by atoms with Gasteiger partial charge in [0.05, 0.1) is 11.3 Å². The summed E-state index contributed by atoms with van der Waals surface area (Å²) >= 11 is 1.55. The van der Waals surface area contributed by atoms with Gasteiger partial charge < -0.3 is 9.88 Å². The van der Waals surface area contributed by atoms with Gasteiger partial charge in [0.1, 0.15) is 0 Å². The Balaban J connectivity index is 2.00. The van der Waals surface area contributed by atoms with E-state index in [0.717, 1.165) is 29.4 Å². The lowest BCUT2D eigenvalue weighted by Crippen LogP contribution is -2.22. The summed E-state index contributed by atoms with van der Waals surface area (Å²) in [6, 6.07) is 4.65. The lowest BCUT2D eigenvalue weighted by Gasteiger charge is -2.09. The van der Waals surface area contributed by atoms with Crippen LogP contribution in [0.5, 0.6) is 0 Å². The van der Waals surface area contributed by atoms with Crippen molar-refractivity contribution in [2.45, 2.75) is 45.7 Å². The normalized spacial score (nSPS) is 14.8. The number of rotatable bonds is 4. The van der Waals surface area contributed by atoms with Gasteiger partial charge in [0.2, 0.25) is 0 Å². The van der Waals surface area contributed by atoms with Crippen molar-refractivity contribution in [2.75, 3.05) is 5.32 Å². The van der Waals surface area contributed by atoms with Gasteiger partial charge in [-0.05, 0) is 45.7 Å². The first-order valence-corrected chi connectivity index (χ1v) is 7.89. The van der Waals surface area contributed by atoms with Crippen molar-refractivity contribution >= 4 is 16.5 Å². The molecule has 0 bridgehead atoms. The lowest BCUT2D eigenvalue weighted by atomic mass is 10.2. The fourth-order valence-corrected chi connectivity index (χ4v) is 3.20. The van der Waals surface area contributed by atoms with Crippen LogP contribution in [0.1, 0.15) is 38.4 Å². The minimum Gasteiger partial charge on any atom is -0.359 e. The van der Waals surface area contributed by atoms with E-state index in [1.54, 1.807) is 11.3 Å². The molecule has 1 aliphatic carbocycles. The van der Waals surface area contributed by atoms with Crippen molar-refractivity contribution in [1.82, 2.24) is 9.55 Å². The molecule has 0 radical (unpaired) electrons. The predicted octanol–water partition coefficient (Wildman–Crippen LogP) is 3.44. The second-order valence-corrected chi connectivity index (χ2v) is 6.49. The van der Waals surface area contributed by atoms with Gasteiger partial charge in [0.25, 0.3) is 5.56 Å². The minimum absolute atomic E-state index is 0.0916. The summed E-state index contributed by atoms with van der Waals surface area (Å²) in [5, 5.41) is 6.09. The second kappa shape index (κ2) is 5.05. The molecule has 0 amide bonds. The molecule has 106 valence electrons. The van der Waals surface area contributed by atoms with Gasteiger partial charge in [0.15, 0.2) is 5.13 Å². The zero-order valence-corrected chi connectivity index (χ0v) is 12.8. The molecule has 2 aromatic rings. The summed E-state index contributed by atoms with van der Waals surface area (Å²) in [7, 11) is 0. The van der Waals surface area contributed by atoms with E-state index in [9.17, 15) is 4.79 Å². The fourth-order valence-electron chi connectivity index (χ4n) is 2.34. The van der Waals surface area contributed by atoms with Crippen LogP contribution in [0.3, 0.4) is 0 Å². The van der Waals surface area contributed by atoms with Crippen molar-refractivity contribution in [2.24, 2.45) is 0 Å².